The van der Waals surface area contributed by atoms with Crippen LogP contribution < -0.4 is 0 Å². The molecule has 8 nitrogen and oxygen atoms in total. The fraction of sp³-hybridized carbons (Fsp3) is 0.500. The topological polar surface area (TPSA) is 149 Å². The van der Waals surface area contributed by atoms with Crippen molar-refractivity contribution in [3.63, 3.8) is 0 Å². The number of rotatable bonds is 6. The summed E-state index contributed by atoms with van der Waals surface area (Å²) in [6.07, 6.45) is -1.19. The number of hydrogen-bond donors (Lipinski definition) is 4. The van der Waals surface area contributed by atoms with Gasteiger partial charge in [-0.15, -0.1) is 0 Å². The van der Waals surface area contributed by atoms with E-state index in [2.05, 4.69) is 0 Å². The molecule has 0 aromatic heterocycles. The molecular weight excluding hydrogens is 270 g/mol. The van der Waals surface area contributed by atoms with Crippen molar-refractivity contribution in [1.82, 2.24) is 0 Å². The van der Waals surface area contributed by atoms with E-state index in [0.717, 1.165) is 0 Å². The molecule has 0 saturated carbocycles. The fourth-order valence-electron chi connectivity index (χ4n) is 0.428. The first-order valence-corrected chi connectivity index (χ1v) is 4.13. The molecule has 0 atom stereocenters. The SMILES string of the molecule is O=C(O)CCC(=O)O.O=C(O)CCC(=O)O.[Na].[Na]. The van der Waals surface area contributed by atoms with Gasteiger partial charge in [-0.05, 0) is 0 Å². The van der Waals surface area contributed by atoms with Crippen molar-refractivity contribution in [1.29, 1.82) is 0 Å². The van der Waals surface area contributed by atoms with Crippen LogP contribution in [-0.2, 0) is 19.2 Å². The summed E-state index contributed by atoms with van der Waals surface area (Å²) in [7, 11) is 0. The Morgan fingerprint density at radius 1 is 0.500 bits per heavy atom. The quantitative estimate of drug-likeness (QED) is 0.458. The second-order valence-corrected chi connectivity index (χ2v) is 2.57. The summed E-state index contributed by atoms with van der Waals surface area (Å²) in [5, 5.41) is 31.6. The van der Waals surface area contributed by atoms with E-state index in [4.69, 9.17) is 20.4 Å². The molecule has 0 rings (SSSR count). The van der Waals surface area contributed by atoms with E-state index in [1.54, 1.807) is 0 Å². The Kier molecular flexibility index (Phi) is 24.8. The first-order valence-electron chi connectivity index (χ1n) is 4.13. The molecule has 4 N–H and O–H groups in total. The molecule has 10 heteroatoms. The molecule has 0 aliphatic carbocycles. The minimum absolute atomic E-state index is 0. The third-order valence-corrected chi connectivity index (χ3v) is 1.11. The molecule has 0 fully saturated rings. The molecule has 0 aliphatic rings. The van der Waals surface area contributed by atoms with Gasteiger partial charge >= 0.3 is 23.9 Å². The van der Waals surface area contributed by atoms with Crippen molar-refractivity contribution in [2.24, 2.45) is 0 Å². The van der Waals surface area contributed by atoms with Crippen LogP contribution in [0.1, 0.15) is 25.7 Å². The number of carbonyl (C=O) groups is 4. The van der Waals surface area contributed by atoms with Crippen LogP contribution >= 0.6 is 0 Å². The standard InChI is InChI=1S/2C4H6O4.2Na/c2*5-3(6)1-2-4(7)8;;/h2*1-2H2,(H,5,6)(H,7,8);;. The number of hydrogen-bond acceptors (Lipinski definition) is 4. The maximum absolute atomic E-state index is 9.64. The zero-order valence-corrected chi connectivity index (χ0v) is 14.3. The van der Waals surface area contributed by atoms with Crippen LogP contribution in [0.2, 0.25) is 0 Å². The largest absolute Gasteiger partial charge is 0.481 e. The average Bonchev–Trinajstić information content (AvgIpc) is 2.12. The molecule has 0 unspecified atom stereocenters. The van der Waals surface area contributed by atoms with Gasteiger partial charge in [0.2, 0.25) is 0 Å². The molecule has 0 amide bonds. The van der Waals surface area contributed by atoms with E-state index in [1.807, 2.05) is 0 Å². The van der Waals surface area contributed by atoms with E-state index >= 15 is 0 Å². The van der Waals surface area contributed by atoms with Crippen LogP contribution in [0.3, 0.4) is 0 Å². The molecule has 0 aliphatic heterocycles. The van der Waals surface area contributed by atoms with Crippen LogP contribution in [0.25, 0.3) is 0 Å². The van der Waals surface area contributed by atoms with Gasteiger partial charge in [0, 0.05) is 59.1 Å². The summed E-state index contributed by atoms with van der Waals surface area (Å²) in [4.78, 5) is 38.6. The van der Waals surface area contributed by atoms with Crippen LogP contribution in [0.15, 0.2) is 0 Å². The molecule has 0 saturated heterocycles. The van der Waals surface area contributed by atoms with Crippen molar-refractivity contribution in [3.8, 4) is 0 Å². The number of aliphatic carboxylic acids is 4. The van der Waals surface area contributed by atoms with Crippen molar-refractivity contribution in [2.75, 3.05) is 0 Å². The Bertz CT molecular complexity index is 222. The summed E-state index contributed by atoms with van der Waals surface area (Å²) < 4.78 is 0. The Hall–Kier alpha value is -0.120. The molecule has 0 aromatic carbocycles. The second kappa shape index (κ2) is 16.9. The predicted octanol–water partition coefficient (Wildman–Crippen LogP) is -0.890. The Morgan fingerprint density at radius 3 is 0.667 bits per heavy atom. The maximum Gasteiger partial charge on any atom is 0.303 e. The molecule has 0 heterocycles. The van der Waals surface area contributed by atoms with Gasteiger partial charge in [0.1, 0.15) is 0 Å². The summed E-state index contributed by atoms with van der Waals surface area (Å²) >= 11 is 0. The molecule has 0 aromatic rings. The maximum atomic E-state index is 9.64. The van der Waals surface area contributed by atoms with Crippen LogP contribution in [0, 0.1) is 0 Å². The molecule has 94 valence electrons. The average molecular weight is 282 g/mol. The second-order valence-electron chi connectivity index (χ2n) is 2.57. The van der Waals surface area contributed by atoms with Crippen LogP contribution in [0.5, 0.6) is 0 Å². The van der Waals surface area contributed by atoms with Gasteiger partial charge in [0.05, 0.1) is 25.7 Å². The third kappa shape index (κ3) is 36.0. The van der Waals surface area contributed by atoms with Gasteiger partial charge in [0.25, 0.3) is 0 Å². The Morgan fingerprint density at radius 2 is 0.611 bits per heavy atom. The number of carboxylic acids is 4. The van der Waals surface area contributed by atoms with Crippen LogP contribution in [-0.4, -0.2) is 103 Å². The van der Waals surface area contributed by atoms with Crippen LogP contribution in [0.4, 0.5) is 0 Å². The monoisotopic (exact) mass is 282 g/mol. The zero-order chi connectivity index (χ0) is 13.1. The minimum Gasteiger partial charge on any atom is -0.481 e. The van der Waals surface area contributed by atoms with Gasteiger partial charge in [0.15, 0.2) is 0 Å². The zero-order valence-electron chi connectivity index (χ0n) is 10.3. The molecule has 18 heavy (non-hydrogen) atoms. The van der Waals surface area contributed by atoms with Crippen molar-refractivity contribution < 1.29 is 39.6 Å². The van der Waals surface area contributed by atoms with Gasteiger partial charge in [-0.1, -0.05) is 0 Å². The van der Waals surface area contributed by atoms with E-state index < -0.39 is 23.9 Å². The van der Waals surface area contributed by atoms with Gasteiger partial charge in [-0.3, -0.25) is 19.2 Å². The minimum atomic E-state index is -1.08. The van der Waals surface area contributed by atoms with E-state index in [1.165, 1.54) is 0 Å². The van der Waals surface area contributed by atoms with Crippen molar-refractivity contribution in [2.45, 2.75) is 25.7 Å². The predicted molar refractivity (Wildman–Crippen MR) is 60.5 cm³/mol. The van der Waals surface area contributed by atoms with Gasteiger partial charge in [-0.2, -0.15) is 0 Å². The first kappa shape index (κ1) is 26.4. The third-order valence-electron chi connectivity index (χ3n) is 1.11. The fourth-order valence-corrected chi connectivity index (χ4v) is 0.428. The molecule has 0 bridgehead atoms. The Balaban J connectivity index is -0.0000000980. The summed E-state index contributed by atoms with van der Waals surface area (Å²) in [6, 6.07) is 0. The van der Waals surface area contributed by atoms with E-state index in [9.17, 15) is 19.2 Å². The first-order chi connectivity index (χ1) is 7.25. The molecule has 0 spiro atoms. The Labute approximate surface area is 147 Å². The van der Waals surface area contributed by atoms with Gasteiger partial charge < -0.3 is 20.4 Å². The summed E-state index contributed by atoms with van der Waals surface area (Å²) in [6.45, 7) is 0. The van der Waals surface area contributed by atoms with E-state index in [0.29, 0.717) is 0 Å². The van der Waals surface area contributed by atoms with Gasteiger partial charge in [-0.25, -0.2) is 0 Å². The van der Waals surface area contributed by atoms with Crippen molar-refractivity contribution >= 4 is 83.0 Å². The molecule has 2 radical (unpaired) electrons. The van der Waals surface area contributed by atoms with Crippen molar-refractivity contribution in [3.05, 3.63) is 0 Å². The smallest absolute Gasteiger partial charge is 0.303 e. The van der Waals surface area contributed by atoms with E-state index in [-0.39, 0.29) is 84.8 Å². The summed E-state index contributed by atoms with van der Waals surface area (Å²) in [5.41, 5.74) is 0. The number of carboxylic acid groups (broad SMARTS) is 4. The summed E-state index contributed by atoms with van der Waals surface area (Å²) in [5.74, 6) is -4.31. The normalized spacial score (nSPS) is 7.56. The molecular formula is C8H12Na2O8.